The molecule has 33 heavy (non-hydrogen) atoms. The Labute approximate surface area is 212 Å². The Kier molecular flexibility index (Phi) is 10.4. The number of hydrogen-bond donors (Lipinski definition) is 2. The molecule has 2 aromatic carbocycles. The van der Waals surface area contributed by atoms with Crippen LogP contribution in [0.1, 0.15) is 17.8 Å². The fraction of sp³-hybridized carbons (Fsp3) is 0.375. The number of halogens is 1. The van der Waals surface area contributed by atoms with Gasteiger partial charge in [-0.1, -0.05) is 24.3 Å². The molecule has 3 aromatic rings. The van der Waals surface area contributed by atoms with Crippen LogP contribution in [0.4, 0.5) is 0 Å². The second-order valence-corrected chi connectivity index (χ2v) is 7.73. The Bertz CT molecular complexity index is 1080. The number of imidazole rings is 1. The molecule has 1 heterocycles. The van der Waals surface area contributed by atoms with Gasteiger partial charge in [-0.2, -0.15) is 0 Å². The molecule has 1 aromatic heterocycles. The summed E-state index contributed by atoms with van der Waals surface area (Å²) >= 11 is 0. The summed E-state index contributed by atoms with van der Waals surface area (Å²) in [5, 5.41) is 6.68. The number of aliphatic imine (C=N–C) groups is 1. The third-order valence-electron chi connectivity index (χ3n) is 5.14. The second-order valence-electron chi connectivity index (χ2n) is 7.73. The van der Waals surface area contributed by atoms with E-state index >= 15 is 0 Å². The van der Waals surface area contributed by atoms with E-state index < -0.39 is 0 Å². The van der Waals surface area contributed by atoms with E-state index in [1.807, 2.05) is 49.4 Å². The molecule has 9 heteroatoms. The summed E-state index contributed by atoms with van der Waals surface area (Å²) in [5.74, 6) is 2.37. The molecule has 0 spiro atoms. The number of fused-ring (bicyclic) bond motifs is 1. The molecule has 2 N–H and O–H groups in total. The smallest absolute Gasteiger partial charge is 0.259 e. The summed E-state index contributed by atoms with van der Waals surface area (Å²) < 4.78 is 7.84. The monoisotopic (exact) mass is 564 g/mol. The van der Waals surface area contributed by atoms with E-state index in [1.54, 1.807) is 21.1 Å². The minimum Gasteiger partial charge on any atom is -0.484 e. The number of aryl methyl sites for hydroxylation is 2. The Morgan fingerprint density at radius 1 is 1.15 bits per heavy atom. The van der Waals surface area contributed by atoms with E-state index in [2.05, 4.69) is 31.2 Å². The van der Waals surface area contributed by atoms with Crippen molar-refractivity contribution < 1.29 is 9.53 Å². The molecule has 0 aliphatic rings. The van der Waals surface area contributed by atoms with E-state index in [0.29, 0.717) is 12.3 Å². The van der Waals surface area contributed by atoms with Crippen LogP contribution in [-0.4, -0.2) is 60.6 Å². The Morgan fingerprint density at radius 3 is 2.70 bits per heavy atom. The van der Waals surface area contributed by atoms with Gasteiger partial charge in [0.15, 0.2) is 12.6 Å². The molecule has 0 radical (unpaired) electrons. The molecule has 0 unspecified atom stereocenters. The second kappa shape index (κ2) is 13.0. The van der Waals surface area contributed by atoms with Gasteiger partial charge in [0.25, 0.3) is 5.91 Å². The van der Waals surface area contributed by atoms with Crippen molar-refractivity contribution >= 4 is 46.9 Å². The van der Waals surface area contributed by atoms with Crippen molar-refractivity contribution in [3.8, 4) is 5.75 Å². The minimum absolute atomic E-state index is 0. The summed E-state index contributed by atoms with van der Waals surface area (Å²) in [4.78, 5) is 22.1. The number of carbonyl (C=O) groups excluding carboxylic acids is 1. The first-order chi connectivity index (χ1) is 15.5. The number of carbonyl (C=O) groups is 1. The number of hydrogen-bond acceptors (Lipinski definition) is 4. The molecule has 0 bridgehead atoms. The van der Waals surface area contributed by atoms with Crippen LogP contribution in [0.15, 0.2) is 53.5 Å². The van der Waals surface area contributed by atoms with E-state index in [0.717, 1.165) is 42.4 Å². The Hall–Kier alpha value is -2.82. The highest BCUT2D eigenvalue weighted by atomic mass is 127. The van der Waals surface area contributed by atoms with Crippen LogP contribution in [0.25, 0.3) is 11.0 Å². The average molecular weight is 564 g/mol. The fourth-order valence-corrected chi connectivity index (χ4v) is 3.35. The van der Waals surface area contributed by atoms with Crippen LogP contribution in [-0.2, 0) is 17.9 Å². The maximum absolute atomic E-state index is 11.7. The summed E-state index contributed by atoms with van der Waals surface area (Å²) in [6.07, 6.45) is 0.950. The lowest BCUT2D eigenvalue weighted by Crippen LogP contribution is -2.37. The van der Waals surface area contributed by atoms with Crippen molar-refractivity contribution in [1.82, 2.24) is 25.1 Å². The van der Waals surface area contributed by atoms with Gasteiger partial charge in [0.05, 0.1) is 11.0 Å². The quantitative estimate of drug-likeness (QED) is 0.181. The lowest BCUT2D eigenvalue weighted by molar-refractivity contribution is -0.130. The molecule has 0 aliphatic carbocycles. The largest absolute Gasteiger partial charge is 0.484 e. The molecular weight excluding hydrogens is 531 g/mol. The fourth-order valence-electron chi connectivity index (χ4n) is 3.35. The predicted octanol–water partition coefficient (Wildman–Crippen LogP) is 3.19. The topological polar surface area (TPSA) is 83.8 Å². The number of nitrogens with one attached hydrogen (secondary N) is 2. The van der Waals surface area contributed by atoms with Crippen LogP contribution >= 0.6 is 24.0 Å². The maximum atomic E-state index is 11.7. The molecule has 1 amide bonds. The molecule has 0 saturated heterocycles. The molecule has 8 nitrogen and oxygen atoms in total. The van der Waals surface area contributed by atoms with Crippen LogP contribution in [0.5, 0.6) is 5.75 Å². The van der Waals surface area contributed by atoms with Crippen molar-refractivity contribution in [2.75, 3.05) is 34.3 Å². The third kappa shape index (κ3) is 7.62. The van der Waals surface area contributed by atoms with Crippen LogP contribution in [0.2, 0.25) is 0 Å². The Morgan fingerprint density at radius 2 is 1.94 bits per heavy atom. The number of guanidine groups is 1. The predicted molar refractivity (Wildman–Crippen MR) is 143 cm³/mol. The lowest BCUT2D eigenvalue weighted by atomic mass is 10.2. The minimum atomic E-state index is -0.0722. The van der Waals surface area contributed by atoms with Gasteiger partial charge in [0.2, 0.25) is 0 Å². The number of likely N-dealkylation sites (N-methyl/N-ethyl adjacent to an activating group) is 1. The van der Waals surface area contributed by atoms with Crippen LogP contribution in [0.3, 0.4) is 0 Å². The summed E-state index contributed by atoms with van der Waals surface area (Å²) in [7, 11) is 5.18. The molecule has 3 rings (SSSR count). The van der Waals surface area contributed by atoms with E-state index in [4.69, 9.17) is 4.74 Å². The zero-order chi connectivity index (χ0) is 22.9. The van der Waals surface area contributed by atoms with Crippen molar-refractivity contribution in [1.29, 1.82) is 0 Å². The first-order valence-electron chi connectivity index (χ1n) is 10.8. The van der Waals surface area contributed by atoms with Gasteiger partial charge in [-0.15, -0.1) is 24.0 Å². The zero-order valence-corrected chi connectivity index (χ0v) is 22.0. The molecule has 0 aliphatic heterocycles. The van der Waals surface area contributed by atoms with Gasteiger partial charge in [-0.05, 0) is 43.2 Å². The molecule has 178 valence electrons. The van der Waals surface area contributed by atoms with Crippen molar-refractivity contribution in [2.45, 2.75) is 26.4 Å². The lowest BCUT2D eigenvalue weighted by Gasteiger charge is -2.14. The first-order valence-corrected chi connectivity index (χ1v) is 10.8. The molecular formula is C24H33IN6O2. The standard InChI is InChI=1S/C24H32N6O2.HI/c1-18-28-21-11-5-6-12-22(21)30(18)14-8-13-26-24(25-2)27-16-19-9-7-10-20(15-19)32-17-23(31)29(3)4;/h5-7,9-12,15H,8,13-14,16-17H2,1-4H3,(H2,25,26,27);1H. The van der Waals surface area contributed by atoms with E-state index in [9.17, 15) is 4.79 Å². The average Bonchev–Trinajstić information content (AvgIpc) is 3.12. The number of aromatic nitrogens is 2. The molecule has 0 fully saturated rings. The number of ether oxygens (including phenoxy) is 1. The van der Waals surface area contributed by atoms with E-state index in [1.165, 1.54) is 10.4 Å². The number of para-hydroxylation sites is 2. The van der Waals surface area contributed by atoms with Crippen molar-refractivity contribution in [3.05, 3.63) is 59.9 Å². The van der Waals surface area contributed by atoms with E-state index in [-0.39, 0.29) is 36.5 Å². The van der Waals surface area contributed by atoms with Crippen LogP contribution < -0.4 is 15.4 Å². The SMILES string of the molecule is CN=C(NCCCn1c(C)nc2ccccc21)NCc1cccc(OCC(=O)N(C)C)c1.I. The number of rotatable bonds is 9. The summed E-state index contributed by atoms with van der Waals surface area (Å²) in [6, 6.07) is 15.9. The van der Waals surface area contributed by atoms with Gasteiger partial charge < -0.3 is 24.8 Å². The highest BCUT2D eigenvalue weighted by molar-refractivity contribution is 14.0. The zero-order valence-electron chi connectivity index (χ0n) is 19.7. The van der Waals surface area contributed by atoms with Gasteiger partial charge in [0.1, 0.15) is 11.6 Å². The number of benzene rings is 2. The highest BCUT2D eigenvalue weighted by Crippen LogP contribution is 2.16. The first kappa shape index (κ1) is 26.4. The highest BCUT2D eigenvalue weighted by Gasteiger charge is 2.07. The number of amides is 1. The maximum Gasteiger partial charge on any atom is 0.259 e. The van der Waals surface area contributed by atoms with Gasteiger partial charge in [-0.25, -0.2) is 4.98 Å². The van der Waals surface area contributed by atoms with Crippen molar-refractivity contribution in [3.63, 3.8) is 0 Å². The normalized spacial score (nSPS) is 11.1. The molecule has 0 atom stereocenters. The Balaban J connectivity index is 0.00000385. The third-order valence-corrected chi connectivity index (χ3v) is 5.14. The molecule has 0 saturated carbocycles. The summed E-state index contributed by atoms with van der Waals surface area (Å²) in [5.41, 5.74) is 3.25. The van der Waals surface area contributed by atoms with Gasteiger partial charge in [0, 0.05) is 40.8 Å². The van der Waals surface area contributed by atoms with Gasteiger partial charge in [-0.3, -0.25) is 9.79 Å². The van der Waals surface area contributed by atoms with Crippen LogP contribution in [0, 0.1) is 6.92 Å². The van der Waals surface area contributed by atoms with Gasteiger partial charge >= 0.3 is 0 Å². The number of nitrogens with zero attached hydrogens (tertiary/aromatic N) is 4. The van der Waals surface area contributed by atoms with Crippen molar-refractivity contribution in [2.24, 2.45) is 4.99 Å². The summed E-state index contributed by atoms with van der Waals surface area (Å²) in [6.45, 7) is 4.35.